The lowest BCUT2D eigenvalue weighted by atomic mass is 9.77. The Hall–Kier alpha value is -7.51. The number of pyridine rings is 2. The number of aryl methyl sites for hydroxylation is 3. The Bertz CT molecular complexity index is 5440. The monoisotopic (exact) mass is 2210 g/mol. The van der Waals surface area contributed by atoms with Crippen LogP contribution < -0.4 is 0 Å². The van der Waals surface area contributed by atoms with E-state index in [0.717, 1.165) is 72.1 Å². The van der Waals surface area contributed by atoms with Crippen molar-refractivity contribution in [2.45, 2.75) is 323 Å². The number of benzene rings is 10. The maximum atomic E-state index is 13.3. The minimum atomic E-state index is -0.710. The van der Waals surface area contributed by atoms with Crippen LogP contribution in [0.1, 0.15) is 397 Å². The molecule has 2 aliphatic rings. The quantitative estimate of drug-likeness (QED) is 0.0619. The second kappa shape index (κ2) is 68.1. The van der Waals surface area contributed by atoms with Crippen molar-refractivity contribution in [1.29, 1.82) is 5.26 Å². The molecular weight excluding hydrogens is 2060 g/mol. The summed E-state index contributed by atoms with van der Waals surface area (Å²) in [6, 6.07) is 68.7. The van der Waals surface area contributed by atoms with Gasteiger partial charge in [0.15, 0.2) is 11.0 Å². The van der Waals surface area contributed by atoms with Crippen LogP contribution >= 0.6 is 113 Å². The average molecular weight is 2220 g/mol. The molecular formula is C123H155Br2Cl7F7N3. The maximum absolute atomic E-state index is 13.3. The minimum Gasteiger partial charge on any atom is -0.243 e. The molecule has 0 saturated heterocycles. The molecule has 0 aliphatic heterocycles. The van der Waals surface area contributed by atoms with Crippen LogP contribution in [0.5, 0.6) is 0 Å². The van der Waals surface area contributed by atoms with Crippen LogP contribution in [-0.4, -0.2) is 9.97 Å². The molecule has 0 N–H and O–H groups in total. The molecule has 3 nitrogen and oxygen atoms in total. The van der Waals surface area contributed by atoms with Crippen molar-refractivity contribution in [3.63, 3.8) is 0 Å². The van der Waals surface area contributed by atoms with E-state index in [4.69, 9.17) is 86.5 Å². The van der Waals surface area contributed by atoms with Crippen molar-refractivity contribution in [3.05, 3.63) is 404 Å². The minimum absolute atomic E-state index is 0.0168. The van der Waals surface area contributed by atoms with E-state index in [-0.39, 0.29) is 58.0 Å². The largest absolute Gasteiger partial charge is 0.243 e. The lowest BCUT2D eigenvalue weighted by molar-refractivity contribution is 0.226. The number of rotatable bonds is 14. The summed E-state index contributed by atoms with van der Waals surface area (Å²) in [6.45, 7) is 62.3. The maximum Gasteiger partial charge on any atom is 0.165 e. The second-order valence-electron chi connectivity index (χ2n) is 40.0. The van der Waals surface area contributed by atoms with Crippen molar-refractivity contribution in [2.75, 3.05) is 0 Å². The summed E-state index contributed by atoms with van der Waals surface area (Å²) in [5.41, 5.74) is 17.3. The Morgan fingerprint density at radius 2 is 0.775 bits per heavy atom. The Morgan fingerprint density at radius 1 is 0.331 bits per heavy atom. The predicted molar refractivity (Wildman–Crippen MR) is 609 cm³/mol. The van der Waals surface area contributed by atoms with Crippen LogP contribution in [0.2, 0.25) is 35.4 Å². The zero-order chi connectivity index (χ0) is 108. The molecule has 2 unspecified atom stereocenters. The highest BCUT2D eigenvalue weighted by Gasteiger charge is 2.25. The zero-order valence-electron chi connectivity index (χ0n) is 89.2. The molecule has 2 fully saturated rings. The highest BCUT2D eigenvalue weighted by atomic mass is 79.9. The first-order valence-electron chi connectivity index (χ1n) is 49.5. The van der Waals surface area contributed by atoms with Crippen LogP contribution in [0.4, 0.5) is 30.7 Å². The first-order chi connectivity index (χ1) is 66.5. The van der Waals surface area contributed by atoms with Crippen molar-refractivity contribution >= 4 is 113 Å². The van der Waals surface area contributed by atoms with Gasteiger partial charge in [-0.3, -0.25) is 0 Å². The zero-order valence-corrected chi connectivity index (χ0v) is 97.7. The highest BCUT2D eigenvalue weighted by molar-refractivity contribution is 9.10. The molecule has 774 valence electrons. The molecule has 12 aromatic rings. The Labute approximate surface area is 902 Å². The van der Waals surface area contributed by atoms with E-state index in [1.165, 1.54) is 102 Å². The van der Waals surface area contributed by atoms with Crippen LogP contribution in [0, 0.1) is 90.6 Å². The van der Waals surface area contributed by atoms with E-state index >= 15 is 0 Å². The van der Waals surface area contributed by atoms with Crippen LogP contribution in [0.15, 0.2) is 234 Å². The van der Waals surface area contributed by atoms with Crippen molar-refractivity contribution in [2.24, 2.45) is 17.8 Å². The van der Waals surface area contributed by atoms with E-state index < -0.39 is 22.5 Å². The Balaban J connectivity index is 0.000000520. The van der Waals surface area contributed by atoms with Gasteiger partial charge in [0.25, 0.3) is 0 Å². The van der Waals surface area contributed by atoms with Gasteiger partial charge in [-0.05, 0) is 329 Å². The predicted octanol–water partition coefficient (Wildman–Crippen LogP) is 44.7. The average Bonchev–Trinajstić information content (AvgIpc) is 1.32. The van der Waals surface area contributed by atoms with Crippen LogP contribution in [0.25, 0.3) is 0 Å². The summed E-state index contributed by atoms with van der Waals surface area (Å²) in [5.74, 6) is 6.27. The molecule has 2 heterocycles. The molecule has 2 aromatic heterocycles. The third-order valence-corrected chi connectivity index (χ3v) is 27.2. The summed E-state index contributed by atoms with van der Waals surface area (Å²) in [5, 5.41) is 11.3. The molecule has 0 spiro atoms. The summed E-state index contributed by atoms with van der Waals surface area (Å²) in [6.07, 6.45) is 12.0. The lowest BCUT2D eigenvalue weighted by Crippen LogP contribution is -2.17. The molecule has 0 radical (unpaired) electrons. The van der Waals surface area contributed by atoms with Gasteiger partial charge in [0, 0.05) is 26.9 Å². The van der Waals surface area contributed by atoms with Gasteiger partial charge in [0.2, 0.25) is 0 Å². The molecule has 2 atom stereocenters. The van der Waals surface area contributed by atoms with E-state index in [2.05, 4.69) is 238 Å². The third-order valence-electron chi connectivity index (χ3n) is 23.6. The van der Waals surface area contributed by atoms with Crippen molar-refractivity contribution < 1.29 is 30.7 Å². The van der Waals surface area contributed by atoms with Gasteiger partial charge < -0.3 is 0 Å². The van der Waals surface area contributed by atoms with Gasteiger partial charge in [0.05, 0.1) is 26.2 Å². The van der Waals surface area contributed by atoms with Gasteiger partial charge in [-0.15, -0.1) is 0 Å². The van der Waals surface area contributed by atoms with Gasteiger partial charge >= 0.3 is 0 Å². The molecule has 10 aromatic carbocycles. The fraction of sp³-hybridized carbons (Fsp3) is 0.423. The Morgan fingerprint density at radius 3 is 1.21 bits per heavy atom. The molecule has 0 bridgehead atoms. The van der Waals surface area contributed by atoms with E-state index in [1.807, 2.05) is 150 Å². The third kappa shape index (κ3) is 49.3. The smallest absolute Gasteiger partial charge is 0.165 e. The SMILES string of the molecule is CC(C)c1cc(Cl)ccc1C#N.CC(C)c1cc(Cl)ccc1F.CC(C)c1ccc(Br)c(Cl)c1.CC(C)c1ccc(F)c(Cl)c1F.CC(C)c1cccc(Br)c1F.CC(C)c1cccc(C2CC2)c1.CC(C)c1ccccc1.CC(C)c1ccnc(Cl)c1F.CC(C)c1cnc(Cl)c(Cl)c1.CC1CCCC(C(C)C)C1.Cc1cc(C(C)C)ccc1F.Cc1cccc(C(C)C)c1.Cc1cccc(C(C)C)c1F. The standard InChI is InChI=1S/C12H16.C10H10ClN.2C10H13F.C10H20.C10H14.C9H10BrCl.C9H10BrF.C9H9ClF2.C9H10ClF.C9H12.C8H9Cl2N.C8H9ClFN/c1-9(2)11-4-3-5-12(8-11)10-6-7-10;1-7(2)10-5-9(11)4-3-8(10)6-12;1-7(2)9-4-5-10(11)8(3)6-9;1-7(2)9-6-4-5-8(3)10(9)11;2*1-8(2)10-6-4-5-9(3)7-10;1-6(2)7-3-4-8(10)9(11)5-7;1-6(2)7-4-3-5-8(10)9(7)11;1-5(2)6-3-4-7(11)8(10)9(6)12;1-6(2)8-5-7(10)3-4-9(8)11;1-8(2)9-6-4-3-5-7-9;1-5(2)6-3-7(9)8(10)11-4-6;1-5(2)6-3-4-11-8(9)7(6)10/h3-5,8-10H,6-7H2,1-2H3;3-5,7H,1-2H3;2*4-7H,1-3H3;8-10H,4-7H2,1-3H3;4-8H,1-3H3;2*3-6H,1-2H3;3-5H,1-2H3;3-6H,1-2H3;3-8H,1-2H3;2*3-5H,1-2H3. The van der Waals surface area contributed by atoms with E-state index in [1.54, 1.807) is 68.1 Å². The number of aromatic nitrogens is 2. The molecule has 14 rings (SSSR count). The topological polar surface area (TPSA) is 49.6 Å². The summed E-state index contributed by atoms with van der Waals surface area (Å²) < 4.78 is 92.5. The summed E-state index contributed by atoms with van der Waals surface area (Å²) in [4.78, 5) is 7.55. The van der Waals surface area contributed by atoms with Gasteiger partial charge in [0.1, 0.15) is 45.1 Å². The van der Waals surface area contributed by atoms with E-state index in [0.29, 0.717) is 82.8 Å². The fourth-order valence-corrected chi connectivity index (χ4v) is 16.0. The van der Waals surface area contributed by atoms with Gasteiger partial charge in [-0.2, -0.15) is 5.26 Å². The van der Waals surface area contributed by atoms with Crippen LogP contribution in [0.3, 0.4) is 0 Å². The number of halogens is 16. The number of nitriles is 1. The molecule has 2 saturated carbocycles. The molecule has 142 heavy (non-hydrogen) atoms. The van der Waals surface area contributed by atoms with E-state index in [9.17, 15) is 30.7 Å². The summed E-state index contributed by atoms with van der Waals surface area (Å²) >= 11 is 46.2. The highest BCUT2D eigenvalue weighted by Crippen LogP contribution is 2.41. The molecule has 0 amide bonds. The summed E-state index contributed by atoms with van der Waals surface area (Å²) in [7, 11) is 0. The molecule has 19 heteroatoms. The van der Waals surface area contributed by atoms with Gasteiger partial charge in [-0.1, -0.05) is 426 Å². The normalized spacial score (nSPS) is 12.8. The first-order valence-corrected chi connectivity index (χ1v) is 53.7. The number of hydrogen-bond donors (Lipinski definition) is 0. The van der Waals surface area contributed by atoms with Gasteiger partial charge in [-0.25, -0.2) is 40.7 Å². The molecule has 2 aliphatic carbocycles. The lowest BCUT2D eigenvalue weighted by Gasteiger charge is -2.29. The second-order valence-corrected chi connectivity index (χ2v) is 44.5. The van der Waals surface area contributed by atoms with Crippen molar-refractivity contribution in [3.8, 4) is 6.07 Å². The first kappa shape index (κ1) is 131. The fourth-order valence-electron chi connectivity index (χ4n) is 14.2. The van der Waals surface area contributed by atoms with Crippen LogP contribution in [-0.2, 0) is 0 Å². The number of hydrogen-bond acceptors (Lipinski definition) is 3. The Kier molecular flexibility index (Phi) is 62.6. The number of nitrogens with zero attached hydrogens (tertiary/aromatic N) is 3. The van der Waals surface area contributed by atoms with Crippen molar-refractivity contribution in [1.82, 2.24) is 9.97 Å².